The molecule has 1 heterocycles. The van der Waals surface area contributed by atoms with Gasteiger partial charge in [0.05, 0.1) is 23.9 Å². The maximum atomic E-state index is 14.6. The summed E-state index contributed by atoms with van der Waals surface area (Å²) in [5.41, 5.74) is -0.903. The molecule has 1 aliphatic heterocycles. The average molecular weight is 384 g/mol. The highest BCUT2D eigenvalue weighted by molar-refractivity contribution is 5.91. The van der Waals surface area contributed by atoms with Crippen LogP contribution in [-0.4, -0.2) is 43.4 Å². The van der Waals surface area contributed by atoms with E-state index in [1.54, 1.807) is 32.6 Å². The zero-order valence-electron chi connectivity index (χ0n) is 16.3. The van der Waals surface area contributed by atoms with Gasteiger partial charge in [-0.25, -0.2) is 18.4 Å². The molecular weight excluding hydrogens is 358 g/mol. The van der Waals surface area contributed by atoms with Gasteiger partial charge in [-0.15, -0.1) is 0 Å². The van der Waals surface area contributed by atoms with Crippen molar-refractivity contribution in [2.45, 2.75) is 52.7 Å². The lowest BCUT2D eigenvalue weighted by Crippen LogP contribution is -2.40. The Morgan fingerprint density at radius 2 is 2.00 bits per heavy atom. The van der Waals surface area contributed by atoms with E-state index >= 15 is 0 Å². The van der Waals surface area contributed by atoms with Crippen molar-refractivity contribution in [2.75, 3.05) is 24.6 Å². The zero-order valence-corrected chi connectivity index (χ0v) is 16.3. The first-order chi connectivity index (χ1) is 12.5. The van der Waals surface area contributed by atoms with Crippen LogP contribution in [0.3, 0.4) is 0 Å². The Labute approximate surface area is 157 Å². The molecule has 1 aliphatic rings. The van der Waals surface area contributed by atoms with Gasteiger partial charge in [-0.3, -0.25) is 0 Å². The predicted octanol–water partition coefficient (Wildman–Crippen LogP) is 3.55. The Hall–Kier alpha value is -2.38. The molecule has 2 rings (SSSR count). The van der Waals surface area contributed by atoms with E-state index < -0.39 is 34.9 Å². The molecule has 1 unspecified atom stereocenters. The van der Waals surface area contributed by atoms with Crippen LogP contribution in [0.1, 0.15) is 50.0 Å². The molecule has 0 saturated carbocycles. The topological polar surface area (TPSA) is 67.9 Å². The summed E-state index contributed by atoms with van der Waals surface area (Å²) in [5, 5.41) is 2.74. The lowest BCUT2D eigenvalue weighted by Gasteiger charge is -2.24. The molecule has 1 aromatic carbocycles. The first-order valence-electron chi connectivity index (χ1n) is 8.93. The van der Waals surface area contributed by atoms with E-state index in [1.807, 2.05) is 0 Å². The van der Waals surface area contributed by atoms with Crippen molar-refractivity contribution in [1.29, 1.82) is 0 Å². The molecule has 150 valence electrons. The number of hydrogen-bond acceptors (Lipinski definition) is 5. The largest absolute Gasteiger partial charge is 0.462 e. The van der Waals surface area contributed by atoms with E-state index in [-0.39, 0.29) is 23.9 Å². The maximum absolute atomic E-state index is 14.6. The van der Waals surface area contributed by atoms with Gasteiger partial charge in [-0.05, 0) is 47.1 Å². The smallest absolute Gasteiger partial charge is 0.407 e. The summed E-state index contributed by atoms with van der Waals surface area (Å²) >= 11 is 0. The van der Waals surface area contributed by atoms with Crippen LogP contribution in [0, 0.1) is 18.6 Å². The fourth-order valence-corrected chi connectivity index (χ4v) is 3.04. The van der Waals surface area contributed by atoms with E-state index in [9.17, 15) is 18.4 Å². The van der Waals surface area contributed by atoms with E-state index in [1.165, 1.54) is 6.92 Å². The summed E-state index contributed by atoms with van der Waals surface area (Å²) in [7, 11) is 0. The van der Waals surface area contributed by atoms with Crippen molar-refractivity contribution in [1.82, 2.24) is 5.32 Å². The number of esters is 1. The Morgan fingerprint density at radius 1 is 1.33 bits per heavy atom. The number of nitrogens with one attached hydrogen (secondary N) is 1. The Bertz CT molecular complexity index is 731. The third-order valence-corrected chi connectivity index (χ3v) is 4.14. The van der Waals surface area contributed by atoms with Crippen molar-refractivity contribution in [3.05, 3.63) is 28.8 Å². The molecule has 6 nitrogen and oxygen atoms in total. The number of carbonyl (C=O) groups is 2. The molecule has 0 spiro atoms. The van der Waals surface area contributed by atoms with Gasteiger partial charge in [0, 0.05) is 18.7 Å². The average Bonchev–Trinajstić information content (AvgIpc) is 2.97. The first kappa shape index (κ1) is 20.9. The van der Waals surface area contributed by atoms with Crippen LogP contribution < -0.4 is 10.2 Å². The van der Waals surface area contributed by atoms with Crippen molar-refractivity contribution >= 4 is 17.7 Å². The fraction of sp³-hybridized carbons (Fsp3) is 0.579. The molecule has 1 fully saturated rings. The second-order valence-electron chi connectivity index (χ2n) is 7.49. The Balaban J connectivity index is 2.14. The number of amides is 1. The number of ether oxygens (including phenoxy) is 2. The third-order valence-electron chi connectivity index (χ3n) is 4.14. The summed E-state index contributed by atoms with van der Waals surface area (Å²) < 4.78 is 39.2. The van der Waals surface area contributed by atoms with Crippen molar-refractivity contribution in [2.24, 2.45) is 0 Å². The molecule has 1 aromatic rings. The fourth-order valence-electron chi connectivity index (χ4n) is 3.04. The summed E-state index contributed by atoms with van der Waals surface area (Å²) in [6.07, 6.45) is 0.0229. The number of alkyl carbamates (subject to hydrolysis) is 1. The standard InChI is InChI=1S/C19H26F2N2O4/c1-6-26-17(24)13-9-14(20)16(11(2)15(13)21)23-8-7-12(10-23)22-18(25)27-19(3,4)5/h9,12H,6-8,10H2,1-5H3,(H,22,25). The molecule has 1 atom stereocenters. The maximum Gasteiger partial charge on any atom is 0.407 e. The molecule has 0 aromatic heterocycles. The van der Waals surface area contributed by atoms with Gasteiger partial charge in [-0.1, -0.05) is 0 Å². The molecule has 27 heavy (non-hydrogen) atoms. The van der Waals surface area contributed by atoms with Crippen LogP contribution in [0.15, 0.2) is 6.07 Å². The summed E-state index contributed by atoms with van der Waals surface area (Å²) in [6, 6.07) is 0.621. The number of anilines is 1. The van der Waals surface area contributed by atoms with Crippen LogP contribution >= 0.6 is 0 Å². The van der Waals surface area contributed by atoms with Gasteiger partial charge in [-0.2, -0.15) is 0 Å². The van der Waals surface area contributed by atoms with Crippen molar-refractivity contribution in [3.63, 3.8) is 0 Å². The van der Waals surface area contributed by atoms with E-state index in [0.29, 0.717) is 19.5 Å². The van der Waals surface area contributed by atoms with Crippen molar-refractivity contribution in [3.8, 4) is 0 Å². The Morgan fingerprint density at radius 3 is 2.59 bits per heavy atom. The molecule has 0 radical (unpaired) electrons. The first-order valence-corrected chi connectivity index (χ1v) is 8.93. The number of nitrogens with zero attached hydrogens (tertiary/aromatic N) is 1. The summed E-state index contributed by atoms with van der Waals surface area (Å²) in [4.78, 5) is 25.3. The summed E-state index contributed by atoms with van der Waals surface area (Å²) in [5.74, 6) is -2.39. The monoisotopic (exact) mass is 384 g/mol. The Kier molecular flexibility index (Phi) is 6.28. The lowest BCUT2D eigenvalue weighted by molar-refractivity contribution is 0.0502. The quantitative estimate of drug-likeness (QED) is 0.804. The molecule has 0 bridgehead atoms. The molecule has 1 amide bonds. The summed E-state index contributed by atoms with van der Waals surface area (Å²) in [6.45, 7) is 9.14. The van der Waals surface area contributed by atoms with Gasteiger partial charge in [0.25, 0.3) is 0 Å². The SMILES string of the molecule is CCOC(=O)c1cc(F)c(N2CCC(NC(=O)OC(C)(C)C)C2)c(C)c1F. The van der Waals surface area contributed by atoms with Gasteiger partial charge in [0.15, 0.2) is 0 Å². The highest BCUT2D eigenvalue weighted by Gasteiger charge is 2.30. The second-order valence-corrected chi connectivity index (χ2v) is 7.49. The normalized spacial score (nSPS) is 17.0. The minimum Gasteiger partial charge on any atom is -0.462 e. The second kappa shape index (κ2) is 8.10. The highest BCUT2D eigenvalue weighted by Crippen LogP contribution is 2.31. The van der Waals surface area contributed by atoms with Crippen LogP contribution in [0.2, 0.25) is 0 Å². The number of rotatable bonds is 4. The molecule has 1 saturated heterocycles. The van der Waals surface area contributed by atoms with E-state index in [4.69, 9.17) is 9.47 Å². The van der Waals surface area contributed by atoms with Crippen LogP contribution in [0.4, 0.5) is 19.3 Å². The predicted molar refractivity (Wildman–Crippen MR) is 97.0 cm³/mol. The zero-order chi connectivity index (χ0) is 20.4. The van der Waals surface area contributed by atoms with E-state index in [0.717, 1.165) is 6.07 Å². The third kappa shape index (κ3) is 5.08. The van der Waals surface area contributed by atoms with Crippen LogP contribution in [0.25, 0.3) is 0 Å². The van der Waals surface area contributed by atoms with Gasteiger partial charge >= 0.3 is 12.1 Å². The van der Waals surface area contributed by atoms with E-state index in [2.05, 4.69) is 5.32 Å². The number of benzene rings is 1. The minimum absolute atomic E-state index is 0.0379. The number of halogens is 2. The number of hydrogen-bond donors (Lipinski definition) is 1. The molecule has 1 N–H and O–H groups in total. The molecular formula is C19H26F2N2O4. The number of carbonyl (C=O) groups excluding carboxylic acids is 2. The minimum atomic E-state index is -0.894. The lowest BCUT2D eigenvalue weighted by atomic mass is 10.1. The molecule has 0 aliphatic carbocycles. The van der Waals surface area contributed by atoms with Crippen LogP contribution in [-0.2, 0) is 9.47 Å². The molecule has 8 heteroatoms. The van der Waals surface area contributed by atoms with Gasteiger partial charge in [0.2, 0.25) is 0 Å². The van der Waals surface area contributed by atoms with Gasteiger partial charge in [0.1, 0.15) is 17.2 Å². The van der Waals surface area contributed by atoms with Crippen LogP contribution in [0.5, 0.6) is 0 Å². The highest BCUT2D eigenvalue weighted by atomic mass is 19.1. The van der Waals surface area contributed by atoms with Gasteiger partial charge < -0.3 is 19.7 Å². The van der Waals surface area contributed by atoms with Crippen molar-refractivity contribution < 1.29 is 27.8 Å².